The van der Waals surface area contributed by atoms with Gasteiger partial charge in [-0.1, -0.05) is 250 Å². The maximum atomic E-state index is 13.0. The van der Waals surface area contributed by atoms with Crippen molar-refractivity contribution in [3.8, 4) is 0 Å². The summed E-state index contributed by atoms with van der Waals surface area (Å²) in [6.07, 6.45) is 65.2. The zero-order valence-corrected chi connectivity index (χ0v) is 51.8. The number of rotatable bonds is 62. The average molecular weight is 1120 g/mol. The summed E-state index contributed by atoms with van der Waals surface area (Å²) in [7, 11) is -4.75. The second kappa shape index (κ2) is 60.8. The molecule has 0 aliphatic rings. The van der Waals surface area contributed by atoms with Crippen LogP contribution in [0.4, 0.5) is 0 Å². The summed E-state index contributed by atoms with van der Waals surface area (Å²) in [5, 5.41) is 9.85. The first-order chi connectivity index (χ1) is 38.2. The van der Waals surface area contributed by atoms with Crippen LogP contribution >= 0.6 is 7.82 Å². The molecule has 0 heterocycles. The van der Waals surface area contributed by atoms with Crippen LogP contribution in [0, 0.1) is 0 Å². The largest absolute Gasteiger partial charge is 0.472 e. The molecule has 11 nitrogen and oxygen atoms in total. The Morgan fingerprint density at radius 3 is 0.885 bits per heavy atom. The molecule has 0 aromatic rings. The fourth-order valence-corrected chi connectivity index (χ4v) is 10.2. The second-order valence-electron chi connectivity index (χ2n) is 22.3. The van der Waals surface area contributed by atoms with E-state index in [0.29, 0.717) is 19.3 Å². The highest BCUT2D eigenvalue weighted by Crippen LogP contribution is 2.43. The van der Waals surface area contributed by atoms with Crippen LogP contribution in [0.15, 0.2) is 36.5 Å². The molecule has 0 saturated heterocycles. The van der Waals surface area contributed by atoms with Gasteiger partial charge in [-0.25, -0.2) is 4.57 Å². The summed E-state index contributed by atoms with van der Waals surface area (Å²) in [5.74, 6) is -1.46. The van der Waals surface area contributed by atoms with E-state index in [-0.39, 0.29) is 25.9 Å². The van der Waals surface area contributed by atoms with Gasteiger partial charge in [0, 0.05) is 19.3 Å². The molecule has 0 amide bonds. The number of carbonyl (C=O) groups excluding carboxylic acids is 3. The SMILES string of the molecule is CCCCCCCC/C=C\CCCCCCCCCCCC(=O)OCC(COP(=O)(O)OCC(CO)OC(=O)CCCCCCC/C=C\CCCCCCCC)OC(=O)CCCCCCCCC/C=C\CCCCCCCC. The molecule has 3 atom stereocenters. The predicted octanol–water partition coefficient (Wildman–Crippen LogP) is 19.9. The molecular formula is C66H123O11P. The Morgan fingerprint density at radius 2 is 0.590 bits per heavy atom. The van der Waals surface area contributed by atoms with Crippen LogP contribution in [-0.2, 0) is 42.2 Å². The molecule has 3 unspecified atom stereocenters. The van der Waals surface area contributed by atoms with Crippen molar-refractivity contribution in [3.05, 3.63) is 36.5 Å². The van der Waals surface area contributed by atoms with E-state index in [2.05, 4.69) is 57.2 Å². The molecule has 78 heavy (non-hydrogen) atoms. The van der Waals surface area contributed by atoms with Crippen LogP contribution in [0.3, 0.4) is 0 Å². The van der Waals surface area contributed by atoms with Crippen molar-refractivity contribution in [1.82, 2.24) is 0 Å². The van der Waals surface area contributed by atoms with Crippen LogP contribution in [0.1, 0.15) is 329 Å². The van der Waals surface area contributed by atoms with Gasteiger partial charge < -0.3 is 24.2 Å². The molecule has 0 saturated carbocycles. The standard InChI is InChI=1S/C66H123O11P/c1-4-7-10-13-16-19-22-25-28-30-31-33-35-37-40-43-46-49-52-55-64(68)73-59-63(77-66(70)57-54-51-48-45-42-39-36-32-29-26-23-20-17-14-11-8-5-2)61-75-78(71,72)74-60-62(58-67)76-65(69)56-53-50-47-44-41-38-34-27-24-21-18-15-12-9-6-3/h25-29,34,62-63,67H,4-24,30-33,35-61H2,1-3H3,(H,71,72)/b28-25-,29-26-,34-27-. The fourth-order valence-electron chi connectivity index (χ4n) is 9.46. The van der Waals surface area contributed by atoms with Crippen molar-refractivity contribution in [3.63, 3.8) is 0 Å². The molecular weight excluding hydrogens is 1000 g/mol. The van der Waals surface area contributed by atoms with Gasteiger partial charge in [0.05, 0.1) is 19.8 Å². The molecule has 2 N–H and O–H groups in total. The third-order valence-corrected chi connectivity index (χ3v) is 15.5. The van der Waals surface area contributed by atoms with Crippen molar-refractivity contribution in [1.29, 1.82) is 0 Å². The van der Waals surface area contributed by atoms with Gasteiger partial charge in [0.1, 0.15) is 12.7 Å². The summed E-state index contributed by atoms with van der Waals surface area (Å²) in [6.45, 7) is 4.68. The molecule has 0 spiro atoms. The number of hydrogen-bond donors (Lipinski definition) is 2. The number of hydrogen-bond acceptors (Lipinski definition) is 10. The van der Waals surface area contributed by atoms with Gasteiger partial charge in [-0.2, -0.15) is 0 Å². The van der Waals surface area contributed by atoms with Crippen LogP contribution in [0.2, 0.25) is 0 Å². The Balaban J connectivity index is 4.68. The minimum Gasteiger partial charge on any atom is -0.462 e. The fraction of sp³-hybridized carbons (Fsp3) is 0.864. The van der Waals surface area contributed by atoms with Gasteiger partial charge in [0.25, 0.3) is 0 Å². The number of esters is 3. The zero-order valence-electron chi connectivity index (χ0n) is 50.9. The summed E-state index contributed by atoms with van der Waals surface area (Å²) in [6, 6.07) is 0. The molecule has 0 aromatic heterocycles. The quantitative estimate of drug-likeness (QED) is 0.0197. The lowest BCUT2D eigenvalue weighted by Gasteiger charge is -2.21. The predicted molar refractivity (Wildman–Crippen MR) is 326 cm³/mol. The van der Waals surface area contributed by atoms with E-state index in [4.69, 9.17) is 23.3 Å². The molecule has 0 rings (SSSR count). The maximum absolute atomic E-state index is 13.0. The van der Waals surface area contributed by atoms with Crippen LogP contribution in [0.25, 0.3) is 0 Å². The van der Waals surface area contributed by atoms with Gasteiger partial charge >= 0.3 is 25.7 Å². The lowest BCUT2D eigenvalue weighted by molar-refractivity contribution is -0.161. The number of aliphatic hydroxyl groups is 1. The van der Waals surface area contributed by atoms with Crippen LogP contribution in [-0.4, -0.2) is 66.5 Å². The van der Waals surface area contributed by atoms with E-state index < -0.39 is 57.8 Å². The number of allylic oxidation sites excluding steroid dienone is 6. The summed E-state index contributed by atoms with van der Waals surface area (Å²) >= 11 is 0. The molecule has 0 bridgehead atoms. The first kappa shape index (κ1) is 75.7. The highest BCUT2D eigenvalue weighted by atomic mass is 31.2. The molecule has 458 valence electrons. The topological polar surface area (TPSA) is 155 Å². The monoisotopic (exact) mass is 1120 g/mol. The van der Waals surface area contributed by atoms with Gasteiger partial charge in [-0.15, -0.1) is 0 Å². The minimum absolute atomic E-state index is 0.165. The molecule has 0 aliphatic carbocycles. The molecule has 0 fully saturated rings. The van der Waals surface area contributed by atoms with Crippen molar-refractivity contribution in [2.24, 2.45) is 0 Å². The van der Waals surface area contributed by atoms with Crippen LogP contribution < -0.4 is 0 Å². The number of phosphoric ester groups is 1. The Bertz CT molecular complexity index is 1450. The van der Waals surface area contributed by atoms with E-state index in [1.54, 1.807) is 0 Å². The number of unbranched alkanes of at least 4 members (excludes halogenated alkanes) is 39. The number of carbonyl (C=O) groups is 3. The third-order valence-electron chi connectivity index (χ3n) is 14.5. The van der Waals surface area contributed by atoms with E-state index >= 15 is 0 Å². The van der Waals surface area contributed by atoms with Crippen molar-refractivity contribution in [2.45, 2.75) is 341 Å². The lowest BCUT2D eigenvalue weighted by atomic mass is 10.1. The van der Waals surface area contributed by atoms with Gasteiger partial charge in [-0.05, 0) is 96.3 Å². The third kappa shape index (κ3) is 58.4. The highest BCUT2D eigenvalue weighted by molar-refractivity contribution is 7.47. The van der Waals surface area contributed by atoms with Crippen LogP contribution in [0.5, 0.6) is 0 Å². The number of aliphatic hydroxyl groups excluding tert-OH is 1. The minimum atomic E-state index is -4.75. The van der Waals surface area contributed by atoms with Crippen molar-refractivity contribution < 1.29 is 52.2 Å². The Hall–Kier alpha value is -2.30. The van der Waals surface area contributed by atoms with E-state index in [1.807, 2.05) is 0 Å². The normalized spacial score (nSPS) is 13.4. The van der Waals surface area contributed by atoms with E-state index in [9.17, 15) is 28.9 Å². The first-order valence-electron chi connectivity index (χ1n) is 32.9. The zero-order chi connectivity index (χ0) is 56.9. The van der Waals surface area contributed by atoms with Gasteiger partial charge in [-0.3, -0.25) is 23.4 Å². The number of phosphoric acid groups is 1. The summed E-state index contributed by atoms with van der Waals surface area (Å²) < 4.78 is 39.7. The summed E-state index contributed by atoms with van der Waals surface area (Å²) in [4.78, 5) is 48.8. The second-order valence-corrected chi connectivity index (χ2v) is 23.7. The van der Waals surface area contributed by atoms with Crippen molar-refractivity contribution in [2.75, 3.05) is 26.4 Å². The van der Waals surface area contributed by atoms with Gasteiger partial charge in [0.15, 0.2) is 6.10 Å². The lowest BCUT2D eigenvalue weighted by Crippen LogP contribution is -2.30. The van der Waals surface area contributed by atoms with E-state index in [0.717, 1.165) is 83.5 Å². The Labute approximate surface area is 480 Å². The molecule has 0 radical (unpaired) electrons. The van der Waals surface area contributed by atoms with Gasteiger partial charge in [0.2, 0.25) is 0 Å². The highest BCUT2D eigenvalue weighted by Gasteiger charge is 2.28. The molecule has 0 aromatic carbocycles. The van der Waals surface area contributed by atoms with Crippen molar-refractivity contribution >= 4 is 25.7 Å². The Kier molecular flexibility index (Phi) is 59.0. The smallest absolute Gasteiger partial charge is 0.462 e. The average Bonchev–Trinajstić information content (AvgIpc) is 3.43. The molecule has 12 heteroatoms. The first-order valence-corrected chi connectivity index (χ1v) is 34.4. The molecule has 0 aliphatic heterocycles. The van der Waals surface area contributed by atoms with E-state index in [1.165, 1.54) is 186 Å². The Morgan fingerprint density at radius 1 is 0.346 bits per heavy atom. The maximum Gasteiger partial charge on any atom is 0.472 e. The number of ether oxygens (including phenoxy) is 3. The summed E-state index contributed by atoms with van der Waals surface area (Å²) in [5.41, 5.74) is 0.